The zero-order valence-electron chi connectivity index (χ0n) is 9.37. The van der Waals surface area contributed by atoms with Gasteiger partial charge in [0.1, 0.15) is 0 Å². The Morgan fingerprint density at radius 1 is 1.13 bits per heavy atom. The largest absolute Gasteiger partial charge is 0.493 e. The molecule has 1 aromatic carbocycles. The third-order valence-electron chi connectivity index (χ3n) is 2.03. The number of ether oxygens (including phenoxy) is 2. The first kappa shape index (κ1) is 14.1. The maximum Gasteiger partial charge on any atom is 0.161 e. The number of rotatable bonds is 5. The molecule has 1 rings (SSSR count). The van der Waals surface area contributed by atoms with Crippen molar-refractivity contribution in [1.82, 2.24) is 5.32 Å². The predicted molar refractivity (Wildman–Crippen MR) is 64.2 cm³/mol. The smallest absolute Gasteiger partial charge is 0.161 e. The monoisotopic (exact) mass is 231 g/mol. The van der Waals surface area contributed by atoms with E-state index in [1.807, 2.05) is 18.2 Å². The first-order valence-electron chi connectivity index (χ1n) is 4.73. The van der Waals surface area contributed by atoms with Crippen LogP contribution < -0.4 is 14.8 Å². The van der Waals surface area contributed by atoms with Gasteiger partial charge >= 0.3 is 0 Å². The Bertz CT molecular complexity index is 292. The highest BCUT2D eigenvalue weighted by Gasteiger charge is 2.03. The van der Waals surface area contributed by atoms with Gasteiger partial charge in [0.15, 0.2) is 11.5 Å². The Hall–Kier alpha value is -0.930. The summed E-state index contributed by atoms with van der Waals surface area (Å²) < 4.78 is 10.4. The van der Waals surface area contributed by atoms with Gasteiger partial charge in [0, 0.05) is 6.54 Å². The molecule has 15 heavy (non-hydrogen) atoms. The molecular weight excluding hydrogens is 214 g/mol. The molecule has 1 N–H and O–H groups in total. The molecule has 86 valence electrons. The van der Waals surface area contributed by atoms with E-state index < -0.39 is 0 Å². The highest BCUT2D eigenvalue weighted by Crippen LogP contribution is 2.27. The third kappa shape index (κ3) is 3.98. The van der Waals surface area contributed by atoms with E-state index in [-0.39, 0.29) is 12.4 Å². The van der Waals surface area contributed by atoms with Crippen LogP contribution in [0.15, 0.2) is 18.2 Å². The van der Waals surface area contributed by atoms with Crippen LogP contribution in [0.3, 0.4) is 0 Å². The zero-order chi connectivity index (χ0) is 10.4. The second-order valence-corrected chi connectivity index (χ2v) is 2.97. The minimum Gasteiger partial charge on any atom is -0.493 e. The van der Waals surface area contributed by atoms with Crippen molar-refractivity contribution in [2.45, 2.75) is 13.5 Å². The van der Waals surface area contributed by atoms with Gasteiger partial charge in [-0.25, -0.2) is 0 Å². The molecule has 1 aromatic rings. The van der Waals surface area contributed by atoms with Gasteiger partial charge in [-0.2, -0.15) is 0 Å². The minimum absolute atomic E-state index is 0. The molecule has 0 saturated carbocycles. The molecule has 0 atom stereocenters. The van der Waals surface area contributed by atoms with Crippen LogP contribution >= 0.6 is 12.4 Å². The predicted octanol–water partition coefficient (Wildman–Crippen LogP) is 2.24. The fraction of sp³-hybridized carbons (Fsp3) is 0.455. The molecule has 0 aliphatic carbocycles. The van der Waals surface area contributed by atoms with E-state index in [4.69, 9.17) is 9.47 Å². The summed E-state index contributed by atoms with van der Waals surface area (Å²) in [5.74, 6) is 1.55. The van der Waals surface area contributed by atoms with Crippen molar-refractivity contribution in [2.24, 2.45) is 0 Å². The van der Waals surface area contributed by atoms with Gasteiger partial charge in [-0.1, -0.05) is 13.0 Å². The molecule has 0 heterocycles. The lowest BCUT2D eigenvalue weighted by atomic mass is 10.2. The van der Waals surface area contributed by atoms with Gasteiger partial charge in [-0.3, -0.25) is 0 Å². The molecule has 0 bridgehead atoms. The van der Waals surface area contributed by atoms with E-state index in [0.29, 0.717) is 0 Å². The fourth-order valence-electron chi connectivity index (χ4n) is 1.26. The van der Waals surface area contributed by atoms with Gasteiger partial charge in [0.25, 0.3) is 0 Å². The van der Waals surface area contributed by atoms with E-state index in [1.165, 1.54) is 5.56 Å². The van der Waals surface area contributed by atoms with E-state index >= 15 is 0 Å². The number of nitrogens with one attached hydrogen (secondary N) is 1. The van der Waals surface area contributed by atoms with Crippen molar-refractivity contribution in [3.8, 4) is 11.5 Å². The Kier molecular flexibility index (Phi) is 6.92. The maximum atomic E-state index is 5.20. The molecule has 0 aliphatic rings. The van der Waals surface area contributed by atoms with Gasteiger partial charge in [-0.15, -0.1) is 12.4 Å². The van der Waals surface area contributed by atoms with Crippen LogP contribution in [0.1, 0.15) is 12.5 Å². The Morgan fingerprint density at radius 3 is 2.33 bits per heavy atom. The van der Waals surface area contributed by atoms with Crippen molar-refractivity contribution in [3.05, 3.63) is 23.8 Å². The van der Waals surface area contributed by atoms with Crippen LogP contribution in [0, 0.1) is 0 Å². The molecule has 0 saturated heterocycles. The highest BCUT2D eigenvalue weighted by atomic mass is 35.5. The molecule has 4 heteroatoms. The molecule has 0 amide bonds. The standard InChI is InChI=1S/C11H17NO2.ClH/c1-4-12-8-9-5-6-10(13-2)11(7-9)14-3;/h5-7,12H,4,8H2,1-3H3;1H. The molecule has 0 aliphatic heterocycles. The third-order valence-corrected chi connectivity index (χ3v) is 2.03. The van der Waals surface area contributed by atoms with Crippen molar-refractivity contribution in [2.75, 3.05) is 20.8 Å². The Labute approximate surface area is 97.2 Å². The second kappa shape index (κ2) is 7.37. The van der Waals surface area contributed by atoms with Crippen LogP contribution in [0.4, 0.5) is 0 Å². The summed E-state index contributed by atoms with van der Waals surface area (Å²) in [6.07, 6.45) is 0. The number of methoxy groups -OCH3 is 2. The van der Waals surface area contributed by atoms with Crippen molar-refractivity contribution < 1.29 is 9.47 Å². The lowest BCUT2D eigenvalue weighted by Gasteiger charge is -2.09. The fourth-order valence-corrected chi connectivity index (χ4v) is 1.26. The summed E-state index contributed by atoms with van der Waals surface area (Å²) in [6.45, 7) is 3.91. The van der Waals surface area contributed by atoms with Gasteiger partial charge in [-0.05, 0) is 24.2 Å². The van der Waals surface area contributed by atoms with Crippen molar-refractivity contribution in [1.29, 1.82) is 0 Å². The zero-order valence-corrected chi connectivity index (χ0v) is 10.2. The molecule has 0 radical (unpaired) electrons. The quantitative estimate of drug-likeness (QED) is 0.843. The molecular formula is C11H18ClNO2. The Balaban J connectivity index is 0.00000196. The van der Waals surface area contributed by atoms with Crippen LogP contribution in [-0.2, 0) is 6.54 Å². The van der Waals surface area contributed by atoms with E-state index in [0.717, 1.165) is 24.6 Å². The number of hydrogen-bond acceptors (Lipinski definition) is 3. The number of hydrogen-bond donors (Lipinski definition) is 1. The average Bonchev–Trinajstić information content (AvgIpc) is 2.25. The summed E-state index contributed by atoms with van der Waals surface area (Å²) in [5.41, 5.74) is 1.20. The highest BCUT2D eigenvalue weighted by molar-refractivity contribution is 5.85. The SMILES string of the molecule is CCNCc1ccc(OC)c(OC)c1.Cl. The van der Waals surface area contributed by atoms with Crippen LogP contribution in [0.5, 0.6) is 11.5 Å². The average molecular weight is 232 g/mol. The molecule has 0 spiro atoms. The summed E-state index contributed by atoms with van der Waals surface area (Å²) >= 11 is 0. The topological polar surface area (TPSA) is 30.5 Å². The maximum absolute atomic E-state index is 5.20. The first-order chi connectivity index (χ1) is 6.81. The molecule has 0 aromatic heterocycles. The van der Waals surface area contributed by atoms with Crippen molar-refractivity contribution >= 4 is 12.4 Å². The second-order valence-electron chi connectivity index (χ2n) is 2.97. The lowest BCUT2D eigenvalue weighted by Crippen LogP contribution is -2.11. The summed E-state index contributed by atoms with van der Waals surface area (Å²) in [7, 11) is 3.29. The lowest BCUT2D eigenvalue weighted by molar-refractivity contribution is 0.354. The normalized spacial score (nSPS) is 9.27. The van der Waals surface area contributed by atoms with Gasteiger partial charge < -0.3 is 14.8 Å². The van der Waals surface area contributed by atoms with Crippen LogP contribution in [-0.4, -0.2) is 20.8 Å². The number of halogens is 1. The van der Waals surface area contributed by atoms with E-state index in [2.05, 4.69) is 12.2 Å². The summed E-state index contributed by atoms with van der Waals surface area (Å²) in [5, 5.41) is 3.26. The number of benzene rings is 1. The summed E-state index contributed by atoms with van der Waals surface area (Å²) in [4.78, 5) is 0. The van der Waals surface area contributed by atoms with E-state index in [9.17, 15) is 0 Å². The summed E-state index contributed by atoms with van der Waals surface area (Å²) in [6, 6.07) is 5.94. The van der Waals surface area contributed by atoms with Crippen LogP contribution in [0.25, 0.3) is 0 Å². The molecule has 0 fully saturated rings. The molecule has 3 nitrogen and oxygen atoms in total. The van der Waals surface area contributed by atoms with Crippen molar-refractivity contribution in [3.63, 3.8) is 0 Å². The minimum atomic E-state index is 0. The Morgan fingerprint density at radius 2 is 1.80 bits per heavy atom. The van der Waals surface area contributed by atoms with Crippen LogP contribution in [0.2, 0.25) is 0 Å². The molecule has 0 unspecified atom stereocenters. The van der Waals surface area contributed by atoms with E-state index in [1.54, 1.807) is 14.2 Å². The van der Waals surface area contributed by atoms with Gasteiger partial charge in [0.2, 0.25) is 0 Å². The van der Waals surface area contributed by atoms with Gasteiger partial charge in [0.05, 0.1) is 14.2 Å². The first-order valence-corrected chi connectivity index (χ1v) is 4.73.